The van der Waals surface area contributed by atoms with Crippen molar-refractivity contribution in [1.29, 1.82) is 0 Å². The van der Waals surface area contributed by atoms with Crippen LogP contribution in [0.2, 0.25) is 0 Å². The van der Waals surface area contributed by atoms with Crippen molar-refractivity contribution in [2.24, 2.45) is 11.7 Å². The fourth-order valence-electron chi connectivity index (χ4n) is 0.669. The highest BCUT2D eigenvalue weighted by Gasteiger charge is 2.16. The monoisotopic (exact) mass is 174 g/mol. The summed E-state index contributed by atoms with van der Waals surface area (Å²) in [5.74, 6) is -0.0788. The minimum absolute atomic E-state index is 0.124. The Labute approximate surface area is 73.1 Å². The lowest BCUT2D eigenvalue weighted by atomic mass is 10.1. The summed E-state index contributed by atoms with van der Waals surface area (Å²) in [6, 6.07) is -0.483. The molecule has 1 unspecified atom stereocenters. The Balaban J connectivity index is 3.72. The van der Waals surface area contributed by atoms with Crippen LogP contribution in [0.25, 0.3) is 0 Å². The van der Waals surface area contributed by atoms with Gasteiger partial charge in [-0.3, -0.25) is 4.79 Å². The van der Waals surface area contributed by atoms with Gasteiger partial charge in [-0.25, -0.2) is 0 Å². The van der Waals surface area contributed by atoms with Gasteiger partial charge in [0.25, 0.3) is 0 Å². The van der Waals surface area contributed by atoms with E-state index in [2.05, 4.69) is 5.32 Å². The molecule has 0 radical (unpaired) electrons. The molecule has 4 N–H and O–H groups in total. The highest BCUT2D eigenvalue weighted by atomic mass is 16.3. The first-order valence-electron chi connectivity index (χ1n) is 4.16. The lowest BCUT2D eigenvalue weighted by molar-refractivity contribution is -0.123. The normalized spacial score (nSPS) is 15.8. The fraction of sp³-hybridized carbons (Fsp3) is 0.875. The van der Waals surface area contributed by atoms with Crippen molar-refractivity contribution in [3.8, 4) is 0 Å². The molecule has 0 heterocycles. The van der Waals surface area contributed by atoms with Crippen molar-refractivity contribution in [2.75, 3.05) is 6.54 Å². The molecule has 1 amide bonds. The molecule has 72 valence electrons. The molecule has 0 saturated carbocycles. The summed E-state index contributed by atoms with van der Waals surface area (Å²) in [5.41, 5.74) is 5.55. The third kappa shape index (κ3) is 4.31. The Bertz CT molecular complexity index is 146. The maximum absolute atomic E-state index is 11.1. The Hall–Kier alpha value is -0.610. The molecule has 12 heavy (non-hydrogen) atoms. The van der Waals surface area contributed by atoms with Crippen LogP contribution < -0.4 is 11.1 Å². The zero-order chi connectivity index (χ0) is 9.72. The maximum Gasteiger partial charge on any atom is 0.237 e. The minimum Gasteiger partial charge on any atom is -0.392 e. The van der Waals surface area contributed by atoms with E-state index in [9.17, 15) is 4.79 Å². The summed E-state index contributed by atoms with van der Waals surface area (Å²) in [5, 5.41) is 11.4. The topological polar surface area (TPSA) is 75.3 Å². The van der Waals surface area contributed by atoms with E-state index in [1.54, 1.807) is 6.92 Å². The molecule has 0 aliphatic rings. The second kappa shape index (κ2) is 5.11. The molecular formula is C8H18N2O2. The minimum atomic E-state index is -0.520. The Morgan fingerprint density at radius 2 is 2.00 bits per heavy atom. The second-order valence-electron chi connectivity index (χ2n) is 3.36. The number of carbonyl (C=O) groups is 1. The first-order chi connectivity index (χ1) is 5.45. The van der Waals surface area contributed by atoms with E-state index in [0.29, 0.717) is 0 Å². The van der Waals surface area contributed by atoms with Crippen LogP contribution in [-0.4, -0.2) is 29.7 Å². The van der Waals surface area contributed by atoms with Gasteiger partial charge >= 0.3 is 0 Å². The van der Waals surface area contributed by atoms with Crippen molar-refractivity contribution in [3.63, 3.8) is 0 Å². The Morgan fingerprint density at radius 1 is 1.50 bits per heavy atom. The van der Waals surface area contributed by atoms with E-state index in [0.717, 1.165) is 0 Å². The predicted octanol–water partition coefficient (Wildman–Crippen LogP) is -0.533. The fourth-order valence-corrected chi connectivity index (χ4v) is 0.669. The average molecular weight is 174 g/mol. The molecular weight excluding hydrogens is 156 g/mol. The van der Waals surface area contributed by atoms with Gasteiger partial charge in [-0.05, 0) is 12.8 Å². The Kier molecular flexibility index (Phi) is 4.85. The van der Waals surface area contributed by atoms with Gasteiger partial charge in [-0.2, -0.15) is 0 Å². The van der Waals surface area contributed by atoms with E-state index >= 15 is 0 Å². The first-order valence-corrected chi connectivity index (χ1v) is 4.16. The van der Waals surface area contributed by atoms with Gasteiger partial charge in [0.05, 0.1) is 12.1 Å². The zero-order valence-corrected chi connectivity index (χ0v) is 7.87. The summed E-state index contributed by atoms with van der Waals surface area (Å²) in [4.78, 5) is 11.1. The molecule has 2 atom stereocenters. The molecule has 0 spiro atoms. The molecule has 4 heteroatoms. The van der Waals surface area contributed by atoms with E-state index in [1.807, 2.05) is 13.8 Å². The highest BCUT2D eigenvalue weighted by Crippen LogP contribution is 1.97. The van der Waals surface area contributed by atoms with Gasteiger partial charge in [0, 0.05) is 6.54 Å². The largest absolute Gasteiger partial charge is 0.392 e. The number of nitrogens with two attached hydrogens (primary N) is 1. The third-order valence-electron chi connectivity index (χ3n) is 1.59. The van der Waals surface area contributed by atoms with Crippen LogP contribution in [0.1, 0.15) is 20.8 Å². The standard InChI is InChI=1S/C8H18N2O2/c1-5(2)7(9)8(12)10-4-6(3)11/h5-7,11H,4,9H2,1-3H3,(H,10,12)/t6?,7-/m0/s1. The molecule has 4 nitrogen and oxygen atoms in total. The molecule has 0 aliphatic heterocycles. The molecule has 0 aliphatic carbocycles. The van der Waals surface area contributed by atoms with Crippen molar-refractivity contribution in [3.05, 3.63) is 0 Å². The van der Waals surface area contributed by atoms with Crippen molar-refractivity contribution >= 4 is 5.91 Å². The SMILES string of the molecule is CC(O)CNC(=O)[C@@H](N)C(C)C. The van der Waals surface area contributed by atoms with E-state index in [1.165, 1.54) is 0 Å². The molecule has 0 rings (SSSR count). The number of aliphatic hydroxyl groups excluding tert-OH is 1. The maximum atomic E-state index is 11.1. The van der Waals surface area contributed by atoms with Crippen LogP contribution >= 0.6 is 0 Å². The van der Waals surface area contributed by atoms with Gasteiger partial charge in [0.15, 0.2) is 0 Å². The number of nitrogens with one attached hydrogen (secondary N) is 1. The second-order valence-corrected chi connectivity index (χ2v) is 3.36. The summed E-state index contributed by atoms with van der Waals surface area (Å²) in [6.45, 7) is 5.64. The van der Waals surface area contributed by atoms with Gasteiger partial charge in [0.1, 0.15) is 0 Å². The number of hydrogen-bond acceptors (Lipinski definition) is 3. The number of aliphatic hydroxyl groups is 1. The van der Waals surface area contributed by atoms with E-state index in [4.69, 9.17) is 10.8 Å². The Morgan fingerprint density at radius 3 is 2.33 bits per heavy atom. The molecule has 0 aromatic rings. The van der Waals surface area contributed by atoms with Crippen LogP contribution in [0.4, 0.5) is 0 Å². The number of amides is 1. The van der Waals surface area contributed by atoms with Gasteiger partial charge in [-0.1, -0.05) is 13.8 Å². The van der Waals surface area contributed by atoms with Crippen LogP contribution in [0.3, 0.4) is 0 Å². The molecule has 0 fully saturated rings. The van der Waals surface area contributed by atoms with E-state index < -0.39 is 12.1 Å². The van der Waals surface area contributed by atoms with Gasteiger partial charge in [-0.15, -0.1) is 0 Å². The number of hydrogen-bond donors (Lipinski definition) is 3. The smallest absolute Gasteiger partial charge is 0.237 e. The van der Waals surface area contributed by atoms with Crippen molar-refractivity contribution in [2.45, 2.75) is 32.9 Å². The highest BCUT2D eigenvalue weighted by molar-refractivity contribution is 5.81. The average Bonchev–Trinajstić information content (AvgIpc) is 1.98. The number of rotatable bonds is 4. The molecule has 0 saturated heterocycles. The van der Waals surface area contributed by atoms with Gasteiger partial charge in [0.2, 0.25) is 5.91 Å². The zero-order valence-electron chi connectivity index (χ0n) is 7.87. The van der Waals surface area contributed by atoms with Crippen LogP contribution in [0.15, 0.2) is 0 Å². The van der Waals surface area contributed by atoms with Crippen LogP contribution in [0.5, 0.6) is 0 Å². The third-order valence-corrected chi connectivity index (χ3v) is 1.59. The first kappa shape index (κ1) is 11.4. The van der Waals surface area contributed by atoms with Crippen LogP contribution in [-0.2, 0) is 4.79 Å². The van der Waals surface area contributed by atoms with Crippen molar-refractivity contribution < 1.29 is 9.90 Å². The van der Waals surface area contributed by atoms with Crippen LogP contribution in [0, 0.1) is 5.92 Å². The molecule has 0 aromatic carbocycles. The predicted molar refractivity (Wildman–Crippen MR) is 47.5 cm³/mol. The van der Waals surface area contributed by atoms with E-state index in [-0.39, 0.29) is 18.4 Å². The molecule has 0 bridgehead atoms. The van der Waals surface area contributed by atoms with Crippen molar-refractivity contribution in [1.82, 2.24) is 5.32 Å². The lowest BCUT2D eigenvalue weighted by Gasteiger charge is -2.15. The summed E-state index contributed by atoms with van der Waals surface area (Å²) >= 11 is 0. The summed E-state index contributed by atoms with van der Waals surface area (Å²) in [6.07, 6.45) is -0.520. The van der Waals surface area contributed by atoms with Gasteiger partial charge < -0.3 is 16.2 Å². The summed E-state index contributed by atoms with van der Waals surface area (Å²) in [7, 11) is 0. The summed E-state index contributed by atoms with van der Waals surface area (Å²) < 4.78 is 0. The number of carbonyl (C=O) groups excluding carboxylic acids is 1. The quantitative estimate of drug-likeness (QED) is 0.536. The lowest BCUT2D eigenvalue weighted by Crippen LogP contribution is -2.45. The molecule has 0 aromatic heterocycles.